The summed E-state index contributed by atoms with van der Waals surface area (Å²) >= 11 is 0. The number of nitrogens with zero attached hydrogens (tertiary/aromatic N) is 3. The van der Waals surface area contributed by atoms with E-state index >= 15 is 0 Å². The fraction of sp³-hybridized carbons (Fsp3) is 0.346. The Morgan fingerprint density at radius 1 is 1.18 bits per heavy atom. The molecule has 0 spiro atoms. The molecule has 1 atom stereocenters. The summed E-state index contributed by atoms with van der Waals surface area (Å²) < 4.78 is 20.0. The van der Waals surface area contributed by atoms with Crippen molar-refractivity contribution < 1.29 is 19.0 Å². The Hall–Kier alpha value is -3.52. The monoisotopic (exact) mass is 466 g/mol. The first-order valence-corrected chi connectivity index (χ1v) is 11.4. The maximum Gasteiger partial charge on any atom is 0.329 e. The molecule has 2 aromatic carbocycles. The van der Waals surface area contributed by atoms with Crippen LogP contribution < -0.4 is 10.1 Å². The second-order valence-corrected chi connectivity index (χ2v) is 8.78. The first-order chi connectivity index (χ1) is 16.3. The van der Waals surface area contributed by atoms with E-state index in [0.29, 0.717) is 31.0 Å². The van der Waals surface area contributed by atoms with Crippen LogP contribution in [0.15, 0.2) is 72.3 Å². The van der Waals surface area contributed by atoms with Crippen molar-refractivity contribution in [2.75, 3.05) is 20.2 Å². The van der Waals surface area contributed by atoms with Crippen molar-refractivity contribution in [3.63, 3.8) is 0 Å². The first kappa shape index (κ1) is 23.6. The van der Waals surface area contributed by atoms with E-state index < -0.39 is 6.35 Å². The van der Waals surface area contributed by atoms with Gasteiger partial charge in [0.2, 0.25) is 0 Å². The van der Waals surface area contributed by atoms with E-state index in [1.165, 1.54) is 17.0 Å². The molecular formula is C26H31FN4O3. The van der Waals surface area contributed by atoms with Crippen LogP contribution in [-0.2, 0) is 6.54 Å². The first-order valence-electron chi connectivity index (χ1n) is 11.4. The molecule has 0 aliphatic carbocycles. The molecule has 1 unspecified atom stereocenters. The summed E-state index contributed by atoms with van der Waals surface area (Å²) in [6, 6.07) is 14.0. The second-order valence-electron chi connectivity index (χ2n) is 8.78. The van der Waals surface area contributed by atoms with E-state index in [2.05, 4.69) is 25.7 Å². The summed E-state index contributed by atoms with van der Waals surface area (Å²) in [4.78, 5) is 18.1. The van der Waals surface area contributed by atoms with Gasteiger partial charge in [-0.1, -0.05) is 50.8 Å². The maximum absolute atomic E-state index is 13.5. The van der Waals surface area contributed by atoms with Crippen LogP contribution in [0.1, 0.15) is 37.3 Å². The molecule has 0 saturated heterocycles. The molecule has 2 aliphatic heterocycles. The van der Waals surface area contributed by atoms with Crippen molar-refractivity contribution >= 4 is 6.03 Å². The average molecular weight is 467 g/mol. The summed E-state index contributed by atoms with van der Waals surface area (Å²) in [6.45, 7) is 9.16. The number of carbonyl (C=O) groups is 1. The molecule has 0 aromatic heterocycles. The Kier molecular flexibility index (Phi) is 6.79. The molecule has 2 amide bonds. The summed E-state index contributed by atoms with van der Waals surface area (Å²) in [5, 5.41) is 12.7. The van der Waals surface area contributed by atoms with Crippen molar-refractivity contribution in [1.29, 1.82) is 0 Å². The largest absolute Gasteiger partial charge is 0.452 e. The lowest BCUT2D eigenvalue weighted by atomic mass is 10.0. The Balaban J connectivity index is 1.71. The van der Waals surface area contributed by atoms with Gasteiger partial charge in [-0.25, -0.2) is 9.18 Å². The molecule has 2 N–H and O–H groups in total. The van der Waals surface area contributed by atoms with Crippen LogP contribution in [-0.4, -0.2) is 52.4 Å². The van der Waals surface area contributed by atoms with Crippen molar-refractivity contribution in [1.82, 2.24) is 20.0 Å². The maximum atomic E-state index is 13.5. The zero-order chi connectivity index (χ0) is 24.4. The average Bonchev–Trinajstić information content (AvgIpc) is 3.17. The third-order valence-electron chi connectivity index (χ3n) is 6.09. The van der Waals surface area contributed by atoms with Gasteiger partial charge in [-0.3, -0.25) is 9.80 Å². The Morgan fingerprint density at radius 3 is 2.56 bits per heavy atom. The summed E-state index contributed by atoms with van der Waals surface area (Å²) in [5.41, 5.74) is 3.22. The van der Waals surface area contributed by atoms with Gasteiger partial charge in [0.25, 0.3) is 6.35 Å². The fourth-order valence-electron chi connectivity index (χ4n) is 4.28. The van der Waals surface area contributed by atoms with Crippen LogP contribution >= 0.6 is 0 Å². The normalized spacial score (nSPS) is 18.1. The number of aliphatic hydroxyl groups excluding tert-OH is 1. The van der Waals surface area contributed by atoms with E-state index in [9.17, 15) is 14.3 Å². The van der Waals surface area contributed by atoms with E-state index in [1.807, 2.05) is 29.2 Å². The van der Waals surface area contributed by atoms with Gasteiger partial charge in [-0.05, 0) is 41.7 Å². The third kappa shape index (κ3) is 4.46. The predicted octanol–water partition coefficient (Wildman–Crippen LogP) is 4.15. The number of aliphatic hydroxyl groups is 1. The molecule has 0 bridgehead atoms. The molecule has 34 heavy (non-hydrogen) atoms. The fourth-order valence-corrected chi connectivity index (χ4v) is 4.28. The van der Waals surface area contributed by atoms with Gasteiger partial charge >= 0.3 is 6.03 Å². The van der Waals surface area contributed by atoms with Crippen LogP contribution in [0.25, 0.3) is 0 Å². The molecular weight excluding hydrogens is 435 g/mol. The minimum absolute atomic E-state index is 0.0258. The molecule has 2 aliphatic rings. The van der Waals surface area contributed by atoms with E-state index in [1.54, 1.807) is 24.1 Å². The smallest absolute Gasteiger partial charge is 0.329 e. The van der Waals surface area contributed by atoms with Crippen LogP contribution in [0.3, 0.4) is 0 Å². The highest BCUT2D eigenvalue weighted by Crippen LogP contribution is 2.37. The SMILES string of the molecule is C=C1C2=C(NC(Oc3ccccc3C(C)C)N2Cc2ccc(F)cc2)N(C)C(=O)N1CCCO. The number of hydrogen-bond acceptors (Lipinski definition) is 5. The van der Waals surface area contributed by atoms with Crippen molar-refractivity contribution in [3.05, 3.63) is 89.3 Å². The molecule has 180 valence electrons. The van der Waals surface area contributed by atoms with Gasteiger partial charge in [0.15, 0.2) is 0 Å². The van der Waals surface area contributed by atoms with Crippen molar-refractivity contribution in [2.24, 2.45) is 0 Å². The minimum Gasteiger partial charge on any atom is -0.452 e. The third-order valence-corrected chi connectivity index (χ3v) is 6.09. The quantitative estimate of drug-likeness (QED) is 0.612. The molecule has 4 rings (SSSR count). The minimum atomic E-state index is -0.611. The zero-order valence-corrected chi connectivity index (χ0v) is 19.8. The lowest BCUT2D eigenvalue weighted by Crippen LogP contribution is -2.47. The van der Waals surface area contributed by atoms with Crippen molar-refractivity contribution in [3.8, 4) is 5.75 Å². The Labute approximate surface area is 199 Å². The lowest BCUT2D eigenvalue weighted by molar-refractivity contribution is 0.0438. The van der Waals surface area contributed by atoms with Gasteiger partial charge in [0.1, 0.15) is 23.1 Å². The van der Waals surface area contributed by atoms with Crippen LogP contribution in [0.2, 0.25) is 0 Å². The topological polar surface area (TPSA) is 68.3 Å². The number of hydrogen-bond donors (Lipinski definition) is 2. The number of rotatable bonds is 8. The summed E-state index contributed by atoms with van der Waals surface area (Å²) in [7, 11) is 1.70. The van der Waals surface area contributed by atoms with Gasteiger partial charge in [-0.15, -0.1) is 0 Å². The lowest BCUT2D eigenvalue weighted by Gasteiger charge is -2.37. The molecule has 2 heterocycles. The highest BCUT2D eigenvalue weighted by atomic mass is 19.1. The van der Waals surface area contributed by atoms with E-state index in [4.69, 9.17) is 4.74 Å². The molecule has 8 heteroatoms. The van der Waals surface area contributed by atoms with E-state index in [0.717, 1.165) is 22.6 Å². The number of halogens is 1. The molecule has 7 nitrogen and oxygen atoms in total. The van der Waals surface area contributed by atoms with Gasteiger partial charge in [-0.2, -0.15) is 0 Å². The number of amides is 2. The van der Waals surface area contributed by atoms with Crippen LogP contribution in [0, 0.1) is 5.82 Å². The van der Waals surface area contributed by atoms with Crippen molar-refractivity contribution in [2.45, 2.75) is 39.1 Å². The van der Waals surface area contributed by atoms with Gasteiger partial charge < -0.3 is 20.1 Å². The summed E-state index contributed by atoms with van der Waals surface area (Å²) in [5.74, 6) is 1.31. The molecule has 0 fully saturated rings. The zero-order valence-electron chi connectivity index (χ0n) is 19.8. The predicted molar refractivity (Wildman–Crippen MR) is 128 cm³/mol. The van der Waals surface area contributed by atoms with Crippen LogP contribution in [0.4, 0.5) is 9.18 Å². The second kappa shape index (κ2) is 9.77. The molecule has 0 radical (unpaired) electrons. The number of nitrogens with one attached hydrogen (secondary N) is 1. The Morgan fingerprint density at radius 2 is 1.88 bits per heavy atom. The number of benzene rings is 2. The number of urea groups is 1. The van der Waals surface area contributed by atoms with E-state index in [-0.39, 0.29) is 24.4 Å². The molecule has 2 aromatic rings. The Bertz CT molecular complexity index is 1100. The number of carbonyl (C=O) groups excluding carboxylic acids is 1. The van der Waals surface area contributed by atoms with Crippen LogP contribution in [0.5, 0.6) is 5.75 Å². The number of ether oxygens (including phenoxy) is 1. The van der Waals surface area contributed by atoms with Gasteiger partial charge in [0, 0.05) is 26.7 Å². The standard InChI is InChI=1S/C26H31FN4O3/c1-17(2)21-8-5-6-9-22(21)34-25-28-24-23(31(25)16-19-10-12-20(27)13-11-19)18(3)30(14-7-15-32)26(33)29(24)4/h5-6,8-13,17,25,28,32H,3,7,14-16H2,1-2,4H3. The summed E-state index contributed by atoms with van der Waals surface area (Å²) in [6.07, 6.45) is -0.173. The highest BCUT2D eigenvalue weighted by molar-refractivity contribution is 5.81. The number of para-hydroxylation sites is 1. The van der Waals surface area contributed by atoms with Gasteiger partial charge in [0.05, 0.1) is 5.70 Å². The molecule has 0 saturated carbocycles. The highest BCUT2D eigenvalue weighted by Gasteiger charge is 2.44.